The summed E-state index contributed by atoms with van der Waals surface area (Å²) in [5.74, 6) is 0.813. The van der Waals surface area contributed by atoms with Crippen LogP contribution in [0.5, 0.6) is 0 Å². The summed E-state index contributed by atoms with van der Waals surface area (Å²) in [7, 11) is 0. The zero-order chi connectivity index (χ0) is 12.8. The summed E-state index contributed by atoms with van der Waals surface area (Å²) in [6.07, 6.45) is 3.57. The molecular formula is C15H22N2O. The third-order valence-corrected chi connectivity index (χ3v) is 3.61. The number of nitrogens with one attached hydrogen (secondary N) is 2. The van der Waals surface area contributed by atoms with Crippen molar-refractivity contribution in [3.63, 3.8) is 0 Å². The number of benzene rings is 1. The molecule has 0 unspecified atom stereocenters. The Kier molecular flexibility index (Phi) is 4.76. The van der Waals surface area contributed by atoms with Gasteiger partial charge in [-0.3, -0.25) is 4.79 Å². The van der Waals surface area contributed by atoms with Crippen LogP contribution < -0.4 is 10.6 Å². The molecule has 0 bridgehead atoms. The van der Waals surface area contributed by atoms with Crippen LogP contribution in [0.2, 0.25) is 0 Å². The lowest BCUT2D eigenvalue weighted by molar-refractivity contribution is 0.0950. The smallest absolute Gasteiger partial charge is 0.251 e. The van der Waals surface area contributed by atoms with E-state index in [1.165, 1.54) is 18.4 Å². The molecule has 1 fully saturated rings. The highest BCUT2D eigenvalue weighted by molar-refractivity contribution is 5.94. The molecule has 1 heterocycles. The number of rotatable bonds is 4. The first-order valence-electron chi connectivity index (χ1n) is 6.81. The Balaban J connectivity index is 1.72. The van der Waals surface area contributed by atoms with Crippen LogP contribution in [0.4, 0.5) is 0 Å². The first-order chi connectivity index (χ1) is 8.75. The Morgan fingerprint density at radius 2 is 1.94 bits per heavy atom. The SMILES string of the molecule is Cc1ccc(C(=O)NCCC2CCNCC2)cc1. The van der Waals surface area contributed by atoms with E-state index in [0.717, 1.165) is 37.5 Å². The van der Waals surface area contributed by atoms with E-state index in [1.807, 2.05) is 31.2 Å². The summed E-state index contributed by atoms with van der Waals surface area (Å²) in [4.78, 5) is 11.9. The van der Waals surface area contributed by atoms with E-state index >= 15 is 0 Å². The van der Waals surface area contributed by atoms with Gasteiger partial charge in [0.05, 0.1) is 0 Å². The highest BCUT2D eigenvalue weighted by Gasteiger charge is 2.13. The van der Waals surface area contributed by atoms with Gasteiger partial charge in [0.1, 0.15) is 0 Å². The molecule has 98 valence electrons. The standard InChI is InChI=1S/C15H22N2O/c1-12-2-4-14(5-3-12)15(18)17-11-8-13-6-9-16-10-7-13/h2-5,13,16H,6-11H2,1H3,(H,17,18). The van der Waals surface area contributed by atoms with Crippen molar-refractivity contribution in [1.82, 2.24) is 10.6 Å². The fraction of sp³-hybridized carbons (Fsp3) is 0.533. The van der Waals surface area contributed by atoms with Gasteiger partial charge in [0.15, 0.2) is 0 Å². The highest BCUT2D eigenvalue weighted by atomic mass is 16.1. The van der Waals surface area contributed by atoms with Gasteiger partial charge in [0, 0.05) is 12.1 Å². The van der Waals surface area contributed by atoms with Gasteiger partial charge in [0.2, 0.25) is 0 Å². The Labute approximate surface area is 109 Å². The van der Waals surface area contributed by atoms with Crippen LogP contribution in [0.15, 0.2) is 24.3 Å². The maximum atomic E-state index is 11.9. The maximum Gasteiger partial charge on any atom is 0.251 e. The van der Waals surface area contributed by atoms with Crippen LogP contribution in [0.1, 0.15) is 35.2 Å². The van der Waals surface area contributed by atoms with Crippen molar-refractivity contribution in [3.8, 4) is 0 Å². The van der Waals surface area contributed by atoms with Crippen LogP contribution in [-0.2, 0) is 0 Å². The molecular weight excluding hydrogens is 224 g/mol. The summed E-state index contributed by atoms with van der Waals surface area (Å²) in [6.45, 7) is 5.06. The molecule has 18 heavy (non-hydrogen) atoms. The first-order valence-corrected chi connectivity index (χ1v) is 6.81. The van der Waals surface area contributed by atoms with Crippen LogP contribution in [0.3, 0.4) is 0 Å². The second kappa shape index (κ2) is 6.55. The van der Waals surface area contributed by atoms with E-state index in [9.17, 15) is 4.79 Å². The number of aryl methyl sites for hydroxylation is 1. The first kappa shape index (κ1) is 13.1. The van der Waals surface area contributed by atoms with E-state index in [1.54, 1.807) is 0 Å². The molecule has 3 heteroatoms. The largest absolute Gasteiger partial charge is 0.352 e. The van der Waals surface area contributed by atoms with E-state index < -0.39 is 0 Å². The van der Waals surface area contributed by atoms with Gasteiger partial charge in [-0.1, -0.05) is 17.7 Å². The van der Waals surface area contributed by atoms with Gasteiger partial charge in [-0.25, -0.2) is 0 Å². The lowest BCUT2D eigenvalue weighted by atomic mass is 9.95. The van der Waals surface area contributed by atoms with E-state index in [0.29, 0.717) is 0 Å². The van der Waals surface area contributed by atoms with Crippen molar-refractivity contribution in [2.45, 2.75) is 26.2 Å². The predicted octanol–water partition coefficient (Wildman–Crippen LogP) is 2.11. The minimum atomic E-state index is 0.0453. The van der Waals surface area contributed by atoms with Gasteiger partial charge in [-0.15, -0.1) is 0 Å². The van der Waals surface area contributed by atoms with E-state index in [4.69, 9.17) is 0 Å². The van der Waals surface area contributed by atoms with E-state index in [-0.39, 0.29) is 5.91 Å². The maximum absolute atomic E-state index is 11.9. The van der Waals surface area contributed by atoms with Crippen molar-refractivity contribution in [3.05, 3.63) is 35.4 Å². The highest BCUT2D eigenvalue weighted by Crippen LogP contribution is 2.14. The monoisotopic (exact) mass is 246 g/mol. The molecule has 1 aliphatic heterocycles. The van der Waals surface area contributed by atoms with Crippen LogP contribution >= 0.6 is 0 Å². The molecule has 2 N–H and O–H groups in total. The average Bonchev–Trinajstić information content (AvgIpc) is 2.40. The number of piperidine rings is 1. The van der Waals surface area contributed by atoms with Crippen molar-refractivity contribution in [2.75, 3.05) is 19.6 Å². The summed E-state index contributed by atoms with van der Waals surface area (Å²) in [6, 6.07) is 7.72. The van der Waals surface area contributed by atoms with Gasteiger partial charge in [-0.05, 0) is 57.3 Å². The quantitative estimate of drug-likeness (QED) is 0.854. The lowest BCUT2D eigenvalue weighted by Crippen LogP contribution is -2.31. The van der Waals surface area contributed by atoms with Gasteiger partial charge < -0.3 is 10.6 Å². The fourth-order valence-corrected chi connectivity index (χ4v) is 2.37. The zero-order valence-electron chi connectivity index (χ0n) is 11.0. The summed E-state index contributed by atoms with van der Waals surface area (Å²) < 4.78 is 0. The van der Waals surface area contributed by atoms with Gasteiger partial charge >= 0.3 is 0 Å². The molecule has 1 saturated heterocycles. The normalized spacial score (nSPS) is 16.5. The van der Waals surface area contributed by atoms with Crippen LogP contribution in [0.25, 0.3) is 0 Å². The zero-order valence-corrected chi connectivity index (χ0v) is 11.0. The summed E-state index contributed by atoms with van der Waals surface area (Å²) >= 11 is 0. The molecule has 1 aromatic carbocycles. The minimum Gasteiger partial charge on any atom is -0.352 e. The number of hydrogen-bond acceptors (Lipinski definition) is 2. The van der Waals surface area contributed by atoms with Gasteiger partial charge in [-0.2, -0.15) is 0 Å². The molecule has 0 radical (unpaired) electrons. The molecule has 1 amide bonds. The summed E-state index contributed by atoms with van der Waals surface area (Å²) in [5, 5.41) is 6.36. The Morgan fingerprint density at radius 3 is 2.61 bits per heavy atom. The third-order valence-electron chi connectivity index (χ3n) is 3.61. The molecule has 0 aliphatic carbocycles. The fourth-order valence-electron chi connectivity index (χ4n) is 2.37. The Bertz CT molecular complexity index is 380. The van der Waals surface area contributed by atoms with Crippen LogP contribution in [0, 0.1) is 12.8 Å². The number of carbonyl (C=O) groups is 1. The molecule has 3 nitrogen and oxygen atoms in total. The molecule has 0 atom stereocenters. The van der Waals surface area contributed by atoms with Gasteiger partial charge in [0.25, 0.3) is 5.91 Å². The number of carbonyl (C=O) groups excluding carboxylic acids is 1. The summed E-state index contributed by atoms with van der Waals surface area (Å²) in [5.41, 5.74) is 1.94. The van der Waals surface area contributed by atoms with E-state index in [2.05, 4.69) is 10.6 Å². The molecule has 1 aliphatic rings. The second-order valence-electron chi connectivity index (χ2n) is 5.10. The van der Waals surface area contributed by atoms with Crippen molar-refractivity contribution in [2.24, 2.45) is 5.92 Å². The predicted molar refractivity (Wildman–Crippen MR) is 73.7 cm³/mol. The van der Waals surface area contributed by atoms with Crippen molar-refractivity contribution in [1.29, 1.82) is 0 Å². The number of amides is 1. The minimum absolute atomic E-state index is 0.0453. The molecule has 1 aromatic rings. The Morgan fingerprint density at radius 1 is 1.28 bits per heavy atom. The lowest BCUT2D eigenvalue weighted by Gasteiger charge is -2.22. The average molecular weight is 246 g/mol. The molecule has 0 aromatic heterocycles. The number of hydrogen-bond donors (Lipinski definition) is 2. The second-order valence-corrected chi connectivity index (χ2v) is 5.10. The molecule has 2 rings (SSSR count). The van der Waals surface area contributed by atoms with Crippen LogP contribution in [-0.4, -0.2) is 25.5 Å². The van der Waals surface area contributed by atoms with Crippen molar-refractivity contribution < 1.29 is 4.79 Å². The molecule has 0 spiro atoms. The Hall–Kier alpha value is -1.35. The third kappa shape index (κ3) is 3.84. The molecule has 0 saturated carbocycles. The van der Waals surface area contributed by atoms with Crippen molar-refractivity contribution >= 4 is 5.91 Å². The topological polar surface area (TPSA) is 41.1 Å².